The van der Waals surface area contributed by atoms with E-state index in [2.05, 4.69) is 24.1 Å². The normalized spacial score (nSPS) is 10.6. The number of nitrogens with zero attached hydrogens (tertiary/aromatic N) is 1. The van der Waals surface area contributed by atoms with E-state index in [-0.39, 0.29) is 5.91 Å². The van der Waals surface area contributed by atoms with E-state index in [4.69, 9.17) is 4.74 Å². The molecule has 0 atom stereocenters. The minimum Gasteiger partial charge on any atom is -0.495 e. The molecule has 0 radical (unpaired) electrons. The highest BCUT2D eigenvalue weighted by molar-refractivity contribution is 5.93. The van der Waals surface area contributed by atoms with Gasteiger partial charge < -0.3 is 10.1 Å². The van der Waals surface area contributed by atoms with Crippen LogP contribution in [0.2, 0.25) is 0 Å². The molecule has 1 amide bonds. The van der Waals surface area contributed by atoms with Gasteiger partial charge in [-0.25, -0.2) is 0 Å². The molecule has 0 aliphatic rings. The Morgan fingerprint density at radius 2 is 2.00 bits per heavy atom. The summed E-state index contributed by atoms with van der Waals surface area (Å²) in [4.78, 5) is 14.2. The first-order valence-corrected chi connectivity index (χ1v) is 7.36. The largest absolute Gasteiger partial charge is 0.495 e. The molecule has 0 aliphatic carbocycles. The van der Waals surface area contributed by atoms with Gasteiger partial charge in [-0.15, -0.1) is 0 Å². The number of hydrogen-bond acceptors (Lipinski definition) is 3. The molecule has 0 aromatic heterocycles. The van der Waals surface area contributed by atoms with Crippen molar-refractivity contribution in [1.82, 2.24) is 4.90 Å². The Morgan fingerprint density at radius 3 is 2.65 bits per heavy atom. The fraction of sp³-hybridized carbons (Fsp3) is 0.562. The molecule has 0 unspecified atom stereocenters. The van der Waals surface area contributed by atoms with Gasteiger partial charge in [0.05, 0.1) is 19.3 Å². The zero-order valence-corrected chi connectivity index (χ0v) is 12.8. The van der Waals surface area contributed by atoms with E-state index in [9.17, 15) is 4.79 Å². The fourth-order valence-electron chi connectivity index (χ4n) is 2.08. The van der Waals surface area contributed by atoms with Gasteiger partial charge in [-0.05, 0) is 31.6 Å². The van der Waals surface area contributed by atoms with Crippen molar-refractivity contribution < 1.29 is 9.53 Å². The van der Waals surface area contributed by atoms with Crippen LogP contribution in [0.1, 0.15) is 33.1 Å². The van der Waals surface area contributed by atoms with Crippen molar-refractivity contribution in [3.05, 3.63) is 24.3 Å². The number of likely N-dealkylation sites (N-methyl/N-ethyl adjacent to an activating group) is 1. The Bertz CT molecular complexity index is 407. The maximum absolute atomic E-state index is 12.1. The molecule has 1 N–H and O–H groups in total. The average Bonchev–Trinajstić information content (AvgIpc) is 2.47. The van der Waals surface area contributed by atoms with Gasteiger partial charge in [0.25, 0.3) is 0 Å². The monoisotopic (exact) mass is 278 g/mol. The van der Waals surface area contributed by atoms with Crippen LogP contribution in [0.3, 0.4) is 0 Å². The Labute approximate surface area is 122 Å². The lowest BCUT2D eigenvalue weighted by Crippen LogP contribution is -2.33. The quantitative estimate of drug-likeness (QED) is 0.706. The highest BCUT2D eigenvalue weighted by Gasteiger charge is 2.10. The van der Waals surface area contributed by atoms with Crippen LogP contribution in [-0.4, -0.2) is 37.6 Å². The third-order valence-electron chi connectivity index (χ3n) is 3.27. The molecule has 1 rings (SSSR count). The maximum Gasteiger partial charge on any atom is 0.238 e. The second-order valence-electron chi connectivity index (χ2n) is 4.82. The van der Waals surface area contributed by atoms with Crippen LogP contribution < -0.4 is 10.1 Å². The summed E-state index contributed by atoms with van der Waals surface area (Å²) in [7, 11) is 1.61. The summed E-state index contributed by atoms with van der Waals surface area (Å²) in [6.07, 6.45) is 3.56. The summed E-state index contributed by atoms with van der Waals surface area (Å²) >= 11 is 0. The Balaban J connectivity index is 2.49. The van der Waals surface area contributed by atoms with E-state index in [1.165, 1.54) is 12.8 Å². The van der Waals surface area contributed by atoms with Gasteiger partial charge in [-0.2, -0.15) is 0 Å². The number of nitrogens with one attached hydrogen (secondary N) is 1. The number of amides is 1. The van der Waals surface area contributed by atoms with Crippen molar-refractivity contribution in [2.45, 2.75) is 33.1 Å². The van der Waals surface area contributed by atoms with Gasteiger partial charge in [0.2, 0.25) is 5.91 Å². The molecule has 0 bridgehead atoms. The summed E-state index contributed by atoms with van der Waals surface area (Å²) < 4.78 is 5.23. The Hall–Kier alpha value is -1.55. The molecule has 0 fully saturated rings. The fourth-order valence-corrected chi connectivity index (χ4v) is 2.08. The van der Waals surface area contributed by atoms with Gasteiger partial charge >= 0.3 is 0 Å². The molecule has 4 nitrogen and oxygen atoms in total. The van der Waals surface area contributed by atoms with E-state index in [0.717, 1.165) is 25.2 Å². The lowest BCUT2D eigenvalue weighted by molar-refractivity contribution is -0.117. The molecule has 4 heteroatoms. The van der Waals surface area contributed by atoms with E-state index < -0.39 is 0 Å². The SMILES string of the molecule is CCCCCN(CC)CC(=O)Nc1ccccc1OC. The first-order valence-electron chi connectivity index (χ1n) is 7.36. The average molecular weight is 278 g/mol. The smallest absolute Gasteiger partial charge is 0.238 e. The van der Waals surface area contributed by atoms with Crippen LogP contribution in [0.4, 0.5) is 5.69 Å². The van der Waals surface area contributed by atoms with Crippen LogP contribution in [0, 0.1) is 0 Å². The highest BCUT2D eigenvalue weighted by Crippen LogP contribution is 2.22. The Kier molecular flexibility index (Phi) is 7.73. The summed E-state index contributed by atoms with van der Waals surface area (Å²) in [6, 6.07) is 7.47. The maximum atomic E-state index is 12.1. The van der Waals surface area contributed by atoms with Crippen LogP contribution in [0.25, 0.3) is 0 Å². The number of unbranched alkanes of at least 4 members (excludes halogenated alkanes) is 2. The van der Waals surface area contributed by atoms with Crippen molar-refractivity contribution in [3.8, 4) is 5.75 Å². The van der Waals surface area contributed by atoms with Gasteiger partial charge in [0.1, 0.15) is 5.75 Å². The first kappa shape index (κ1) is 16.5. The molecule has 0 aliphatic heterocycles. The van der Waals surface area contributed by atoms with Crippen LogP contribution in [0.5, 0.6) is 5.75 Å². The molecule has 1 aromatic rings. The number of methoxy groups -OCH3 is 1. The lowest BCUT2D eigenvalue weighted by Gasteiger charge is -2.20. The van der Waals surface area contributed by atoms with Crippen molar-refractivity contribution >= 4 is 11.6 Å². The van der Waals surface area contributed by atoms with E-state index in [1.54, 1.807) is 7.11 Å². The minimum absolute atomic E-state index is 0.00727. The highest BCUT2D eigenvalue weighted by atomic mass is 16.5. The molecule has 20 heavy (non-hydrogen) atoms. The number of hydrogen-bond donors (Lipinski definition) is 1. The molecule has 0 saturated heterocycles. The van der Waals surface area contributed by atoms with Crippen molar-refractivity contribution in [2.24, 2.45) is 0 Å². The molecule has 0 saturated carbocycles. The van der Waals surface area contributed by atoms with Gasteiger partial charge in [-0.3, -0.25) is 9.69 Å². The predicted molar refractivity (Wildman–Crippen MR) is 83.3 cm³/mol. The molecule has 0 heterocycles. The third-order valence-corrected chi connectivity index (χ3v) is 3.27. The second-order valence-corrected chi connectivity index (χ2v) is 4.82. The number of carbonyl (C=O) groups is 1. The Morgan fingerprint density at radius 1 is 1.25 bits per heavy atom. The summed E-state index contributed by atoms with van der Waals surface area (Å²) in [5.74, 6) is 0.697. The standard InChI is InChI=1S/C16H26N2O2/c1-4-6-9-12-18(5-2)13-16(19)17-14-10-7-8-11-15(14)20-3/h7-8,10-11H,4-6,9,12-13H2,1-3H3,(H,17,19). The van der Waals surface area contributed by atoms with E-state index in [1.807, 2.05) is 24.3 Å². The predicted octanol–water partition coefficient (Wildman–Crippen LogP) is 3.15. The zero-order chi connectivity index (χ0) is 14.8. The summed E-state index contributed by atoms with van der Waals surface area (Å²) in [5.41, 5.74) is 0.726. The van der Waals surface area contributed by atoms with Gasteiger partial charge in [-0.1, -0.05) is 38.8 Å². The van der Waals surface area contributed by atoms with Crippen LogP contribution >= 0.6 is 0 Å². The minimum atomic E-state index is 0.00727. The summed E-state index contributed by atoms with van der Waals surface area (Å²) in [6.45, 7) is 6.57. The molecule has 112 valence electrons. The number of benzene rings is 1. The number of carbonyl (C=O) groups excluding carboxylic acids is 1. The van der Waals surface area contributed by atoms with E-state index >= 15 is 0 Å². The number of rotatable bonds is 9. The van der Waals surface area contributed by atoms with Crippen molar-refractivity contribution in [2.75, 3.05) is 32.1 Å². The first-order chi connectivity index (χ1) is 9.71. The second kappa shape index (κ2) is 9.37. The number of ether oxygens (including phenoxy) is 1. The van der Waals surface area contributed by atoms with Gasteiger partial charge in [0, 0.05) is 0 Å². The molecular weight excluding hydrogens is 252 g/mol. The number of anilines is 1. The lowest BCUT2D eigenvalue weighted by atomic mass is 10.2. The van der Waals surface area contributed by atoms with Crippen molar-refractivity contribution in [3.63, 3.8) is 0 Å². The van der Waals surface area contributed by atoms with E-state index in [0.29, 0.717) is 12.3 Å². The van der Waals surface area contributed by atoms with Crippen LogP contribution in [0.15, 0.2) is 24.3 Å². The van der Waals surface area contributed by atoms with Crippen molar-refractivity contribution in [1.29, 1.82) is 0 Å². The molecule has 0 spiro atoms. The zero-order valence-electron chi connectivity index (χ0n) is 12.8. The third kappa shape index (κ3) is 5.61. The molecule has 1 aromatic carbocycles. The van der Waals surface area contributed by atoms with Gasteiger partial charge in [0.15, 0.2) is 0 Å². The summed E-state index contributed by atoms with van der Waals surface area (Å²) in [5, 5.41) is 2.91. The number of para-hydroxylation sites is 2. The topological polar surface area (TPSA) is 41.6 Å². The van der Waals surface area contributed by atoms with Crippen LogP contribution in [-0.2, 0) is 4.79 Å². The molecular formula is C16H26N2O2.